The van der Waals surface area contributed by atoms with Crippen LogP contribution in [-0.2, 0) is 17.8 Å². The van der Waals surface area contributed by atoms with Crippen LogP contribution >= 0.6 is 0 Å². The molecule has 1 amide bonds. The molecular formula is C22H24N2O4. The molecule has 3 rings (SSSR count). The smallest absolute Gasteiger partial charge is 0.269 e. The van der Waals surface area contributed by atoms with Crippen LogP contribution in [-0.4, -0.2) is 22.8 Å². The van der Waals surface area contributed by atoms with Gasteiger partial charge >= 0.3 is 0 Å². The molecule has 0 N–H and O–H groups in total. The zero-order chi connectivity index (χ0) is 20.4. The minimum Gasteiger partial charge on any atom is -0.464 e. The molecule has 0 aliphatic rings. The molecule has 0 saturated heterocycles. The Hall–Kier alpha value is -3.15. The van der Waals surface area contributed by atoms with E-state index in [0.29, 0.717) is 12.5 Å². The lowest BCUT2D eigenvalue weighted by atomic mass is 9.95. The normalized spacial score (nSPS) is 11.2. The maximum atomic E-state index is 12.7. The molecule has 0 atom stereocenters. The fourth-order valence-electron chi connectivity index (χ4n) is 3.43. The van der Waals surface area contributed by atoms with Gasteiger partial charge in [0.1, 0.15) is 5.58 Å². The molecule has 28 heavy (non-hydrogen) atoms. The number of hydrogen-bond acceptors (Lipinski definition) is 4. The minimum absolute atomic E-state index is 0.0239. The van der Waals surface area contributed by atoms with Crippen molar-refractivity contribution in [2.75, 3.05) is 7.05 Å². The van der Waals surface area contributed by atoms with E-state index in [4.69, 9.17) is 4.42 Å². The number of nitrogens with zero attached hydrogens (tertiary/aromatic N) is 2. The van der Waals surface area contributed by atoms with Gasteiger partial charge in [0.25, 0.3) is 5.69 Å². The van der Waals surface area contributed by atoms with Crippen LogP contribution in [0.25, 0.3) is 11.0 Å². The van der Waals surface area contributed by atoms with Crippen molar-refractivity contribution in [1.82, 2.24) is 4.90 Å². The summed E-state index contributed by atoms with van der Waals surface area (Å²) in [4.78, 5) is 24.8. The fourth-order valence-corrected chi connectivity index (χ4v) is 3.43. The first kappa shape index (κ1) is 19.6. The lowest BCUT2D eigenvalue weighted by molar-refractivity contribution is -0.384. The maximum Gasteiger partial charge on any atom is 0.269 e. The second kappa shape index (κ2) is 7.84. The number of non-ortho nitro benzene ring substituents is 1. The van der Waals surface area contributed by atoms with Gasteiger partial charge in [0, 0.05) is 36.7 Å². The summed E-state index contributed by atoms with van der Waals surface area (Å²) < 4.78 is 5.66. The number of carbonyl (C=O) groups is 1. The molecule has 0 bridgehead atoms. The van der Waals surface area contributed by atoms with Crippen molar-refractivity contribution in [2.45, 2.75) is 39.7 Å². The maximum absolute atomic E-state index is 12.7. The number of furan rings is 1. The summed E-state index contributed by atoms with van der Waals surface area (Å²) in [6.07, 6.45) is 1.87. The van der Waals surface area contributed by atoms with Gasteiger partial charge in [0.2, 0.25) is 5.91 Å². The highest BCUT2D eigenvalue weighted by Crippen LogP contribution is 2.29. The van der Waals surface area contributed by atoms with Gasteiger partial charge in [-0.25, -0.2) is 0 Å². The van der Waals surface area contributed by atoms with E-state index in [1.54, 1.807) is 30.3 Å². The van der Waals surface area contributed by atoms with Gasteiger partial charge in [-0.1, -0.05) is 26.0 Å². The zero-order valence-electron chi connectivity index (χ0n) is 16.6. The van der Waals surface area contributed by atoms with Crippen LogP contribution in [0.5, 0.6) is 0 Å². The number of amides is 1. The van der Waals surface area contributed by atoms with Crippen LogP contribution in [0, 0.1) is 17.0 Å². The number of nitro groups is 1. The summed E-state index contributed by atoms with van der Waals surface area (Å²) in [5, 5.41) is 11.9. The molecule has 0 aliphatic carbocycles. The number of carbonyl (C=O) groups excluding carboxylic acids is 1. The average Bonchev–Trinajstić information content (AvgIpc) is 3.02. The summed E-state index contributed by atoms with van der Waals surface area (Å²) in [5.74, 6) is 0.320. The van der Waals surface area contributed by atoms with Crippen molar-refractivity contribution in [3.05, 3.63) is 75.0 Å². The van der Waals surface area contributed by atoms with Crippen LogP contribution in [0.4, 0.5) is 5.69 Å². The lowest BCUT2D eigenvalue weighted by Gasteiger charge is -2.17. The van der Waals surface area contributed by atoms with Crippen LogP contribution < -0.4 is 0 Å². The van der Waals surface area contributed by atoms with Gasteiger partial charge in [0.15, 0.2) is 0 Å². The SMILES string of the molecule is Cc1cc2occ(CC(=O)N(C)Cc3cccc([N+](=O)[O-])c3)c2cc1C(C)C. The number of hydrogen-bond donors (Lipinski definition) is 0. The van der Waals surface area contributed by atoms with Crippen molar-refractivity contribution in [1.29, 1.82) is 0 Å². The molecule has 0 fully saturated rings. The fraction of sp³-hybridized carbons (Fsp3) is 0.318. The Balaban J connectivity index is 1.78. The highest BCUT2D eigenvalue weighted by Gasteiger charge is 2.17. The van der Waals surface area contributed by atoms with Gasteiger partial charge in [-0.2, -0.15) is 0 Å². The predicted octanol–water partition coefficient (Wildman–Crippen LogP) is 4.97. The summed E-state index contributed by atoms with van der Waals surface area (Å²) in [5.41, 5.74) is 4.81. The van der Waals surface area contributed by atoms with Crippen LogP contribution in [0.3, 0.4) is 0 Å². The third-order valence-electron chi connectivity index (χ3n) is 4.97. The van der Waals surface area contributed by atoms with Crippen molar-refractivity contribution < 1.29 is 14.1 Å². The Kier molecular flexibility index (Phi) is 5.49. The summed E-state index contributed by atoms with van der Waals surface area (Å²) >= 11 is 0. The number of rotatable bonds is 6. The molecule has 0 aliphatic heterocycles. The second-order valence-electron chi connectivity index (χ2n) is 7.47. The molecule has 1 heterocycles. The number of nitro benzene ring substituents is 1. The Morgan fingerprint density at radius 1 is 1.25 bits per heavy atom. The predicted molar refractivity (Wildman–Crippen MR) is 108 cm³/mol. The van der Waals surface area contributed by atoms with E-state index in [2.05, 4.69) is 26.8 Å². The van der Waals surface area contributed by atoms with Gasteiger partial charge in [-0.15, -0.1) is 0 Å². The Labute approximate surface area is 163 Å². The van der Waals surface area contributed by atoms with Gasteiger partial charge in [0.05, 0.1) is 17.6 Å². The lowest BCUT2D eigenvalue weighted by Crippen LogP contribution is -2.27. The molecule has 3 aromatic rings. The van der Waals surface area contributed by atoms with Crippen molar-refractivity contribution in [3.63, 3.8) is 0 Å². The average molecular weight is 380 g/mol. The monoisotopic (exact) mass is 380 g/mol. The van der Waals surface area contributed by atoms with E-state index in [0.717, 1.165) is 22.1 Å². The van der Waals surface area contributed by atoms with E-state index in [-0.39, 0.29) is 18.0 Å². The molecule has 6 heteroatoms. The molecule has 1 aromatic heterocycles. The first-order valence-electron chi connectivity index (χ1n) is 9.24. The minimum atomic E-state index is -0.433. The van der Waals surface area contributed by atoms with Gasteiger partial charge in [-0.3, -0.25) is 14.9 Å². The van der Waals surface area contributed by atoms with E-state index in [9.17, 15) is 14.9 Å². The highest BCUT2D eigenvalue weighted by molar-refractivity contribution is 5.88. The zero-order valence-corrected chi connectivity index (χ0v) is 16.6. The number of aryl methyl sites for hydroxylation is 1. The molecule has 0 unspecified atom stereocenters. The third-order valence-corrected chi connectivity index (χ3v) is 4.97. The number of fused-ring (bicyclic) bond motifs is 1. The van der Waals surface area contributed by atoms with Crippen LogP contribution in [0.2, 0.25) is 0 Å². The molecule has 146 valence electrons. The number of likely N-dealkylation sites (N-methyl/N-ethyl adjacent to an activating group) is 1. The van der Waals surface area contributed by atoms with Gasteiger partial charge in [-0.05, 0) is 41.7 Å². The number of benzene rings is 2. The Morgan fingerprint density at radius 3 is 2.68 bits per heavy atom. The molecule has 0 spiro atoms. The summed E-state index contributed by atoms with van der Waals surface area (Å²) in [7, 11) is 1.70. The topological polar surface area (TPSA) is 76.6 Å². The van der Waals surface area contributed by atoms with Crippen molar-refractivity contribution in [3.8, 4) is 0 Å². The first-order valence-corrected chi connectivity index (χ1v) is 9.24. The quantitative estimate of drug-likeness (QED) is 0.447. The summed E-state index contributed by atoms with van der Waals surface area (Å²) in [6.45, 7) is 6.67. The highest BCUT2D eigenvalue weighted by atomic mass is 16.6. The molecule has 6 nitrogen and oxygen atoms in total. The first-order chi connectivity index (χ1) is 13.3. The van der Waals surface area contributed by atoms with Crippen LogP contribution in [0.1, 0.15) is 42.0 Å². The molecule has 0 radical (unpaired) electrons. The van der Waals surface area contributed by atoms with E-state index >= 15 is 0 Å². The van der Waals surface area contributed by atoms with E-state index in [1.807, 2.05) is 6.07 Å². The molecular weight excluding hydrogens is 356 g/mol. The van der Waals surface area contributed by atoms with Gasteiger partial charge < -0.3 is 9.32 Å². The summed E-state index contributed by atoms with van der Waals surface area (Å²) in [6, 6.07) is 10.5. The van der Waals surface area contributed by atoms with E-state index < -0.39 is 4.92 Å². The van der Waals surface area contributed by atoms with Crippen molar-refractivity contribution in [2.24, 2.45) is 0 Å². The Bertz CT molecular complexity index is 1040. The Morgan fingerprint density at radius 2 is 2.00 bits per heavy atom. The molecule has 2 aromatic carbocycles. The van der Waals surface area contributed by atoms with Crippen LogP contribution in [0.15, 0.2) is 47.1 Å². The molecule has 0 saturated carbocycles. The third kappa shape index (κ3) is 4.06. The standard InChI is InChI=1S/C22H24N2O4/c1-14(2)19-11-20-17(13-28-21(20)8-15(19)3)10-22(25)23(4)12-16-6-5-7-18(9-16)24(26)27/h5-9,11,13-14H,10,12H2,1-4H3. The largest absolute Gasteiger partial charge is 0.464 e. The second-order valence-corrected chi connectivity index (χ2v) is 7.47. The van der Waals surface area contributed by atoms with Crippen molar-refractivity contribution >= 4 is 22.6 Å². The van der Waals surface area contributed by atoms with E-state index in [1.165, 1.54) is 23.3 Å².